The van der Waals surface area contributed by atoms with Crippen LogP contribution in [0.2, 0.25) is 0 Å². The minimum absolute atomic E-state index is 0.0651. The standard InChI is InChI=1S/C9H11NO/c1-8-4-5-10-9(7-8)3-2-6-11/h2-5,7,11H,6H2,1H3. The normalized spacial score (nSPS) is 10.7. The number of aliphatic hydroxyl groups is 1. The lowest BCUT2D eigenvalue weighted by molar-refractivity contribution is 0.343. The molecule has 0 fully saturated rings. The highest BCUT2D eigenvalue weighted by Gasteiger charge is 1.86. The Morgan fingerprint density at radius 3 is 3.09 bits per heavy atom. The van der Waals surface area contributed by atoms with Crippen LogP contribution < -0.4 is 0 Å². The second-order valence-corrected chi connectivity index (χ2v) is 2.34. The molecule has 0 aromatic carbocycles. The van der Waals surface area contributed by atoms with Gasteiger partial charge in [-0.05, 0) is 30.7 Å². The summed E-state index contributed by atoms with van der Waals surface area (Å²) in [6, 6.07) is 3.91. The van der Waals surface area contributed by atoms with Crippen LogP contribution in [0.1, 0.15) is 11.3 Å². The van der Waals surface area contributed by atoms with E-state index in [1.807, 2.05) is 19.1 Å². The summed E-state index contributed by atoms with van der Waals surface area (Å²) in [5.41, 5.74) is 2.07. The van der Waals surface area contributed by atoms with Crippen molar-refractivity contribution in [2.24, 2.45) is 0 Å². The first kappa shape index (κ1) is 7.95. The predicted molar refractivity (Wildman–Crippen MR) is 45.1 cm³/mol. The number of hydrogen-bond acceptors (Lipinski definition) is 2. The first-order chi connectivity index (χ1) is 5.33. The highest BCUT2D eigenvalue weighted by atomic mass is 16.2. The van der Waals surface area contributed by atoms with E-state index in [-0.39, 0.29) is 6.61 Å². The summed E-state index contributed by atoms with van der Waals surface area (Å²) in [6.45, 7) is 2.08. The Hall–Kier alpha value is -1.15. The van der Waals surface area contributed by atoms with E-state index in [9.17, 15) is 0 Å². The second kappa shape index (κ2) is 3.88. The molecular formula is C9H11NO. The van der Waals surface area contributed by atoms with Gasteiger partial charge in [-0.1, -0.05) is 6.08 Å². The zero-order chi connectivity index (χ0) is 8.10. The quantitative estimate of drug-likeness (QED) is 0.689. The first-order valence-electron chi connectivity index (χ1n) is 3.53. The Morgan fingerprint density at radius 2 is 2.45 bits per heavy atom. The molecule has 0 saturated heterocycles. The minimum Gasteiger partial charge on any atom is -0.392 e. The lowest BCUT2D eigenvalue weighted by Crippen LogP contribution is -1.81. The van der Waals surface area contributed by atoms with Crippen LogP contribution in [-0.2, 0) is 0 Å². The fraction of sp³-hybridized carbons (Fsp3) is 0.222. The van der Waals surface area contributed by atoms with E-state index in [4.69, 9.17) is 5.11 Å². The smallest absolute Gasteiger partial charge is 0.0629 e. The highest BCUT2D eigenvalue weighted by molar-refractivity contribution is 5.45. The summed E-state index contributed by atoms with van der Waals surface area (Å²) in [4.78, 5) is 4.08. The van der Waals surface area contributed by atoms with Gasteiger partial charge in [0.15, 0.2) is 0 Å². The van der Waals surface area contributed by atoms with Crippen molar-refractivity contribution in [2.45, 2.75) is 6.92 Å². The van der Waals surface area contributed by atoms with Gasteiger partial charge in [-0.15, -0.1) is 0 Å². The van der Waals surface area contributed by atoms with Gasteiger partial charge in [0.2, 0.25) is 0 Å². The van der Waals surface area contributed by atoms with E-state index >= 15 is 0 Å². The van der Waals surface area contributed by atoms with Crippen molar-refractivity contribution in [3.8, 4) is 0 Å². The van der Waals surface area contributed by atoms with Crippen LogP contribution in [0.3, 0.4) is 0 Å². The number of nitrogens with zero attached hydrogens (tertiary/aromatic N) is 1. The molecule has 0 amide bonds. The van der Waals surface area contributed by atoms with E-state index in [1.54, 1.807) is 18.3 Å². The molecule has 11 heavy (non-hydrogen) atoms. The van der Waals surface area contributed by atoms with Gasteiger partial charge in [-0.3, -0.25) is 4.98 Å². The Labute approximate surface area is 66.2 Å². The van der Waals surface area contributed by atoms with Crippen LogP contribution in [0.4, 0.5) is 0 Å². The van der Waals surface area contributed by atoms with Gasteiger partial charge in [-0.2, -0.15) is 0 Å². The van der Waals surface area contributed by atoms with Gasteiger partial charge in [0, 0.05) is 6.20 Å². The summed E-state index contributed by atoms with van der Waals surface area (Å²) < 4.78 is 0. The maximum atomic E-state index is 8.48. The third-order valence-corrected chi connectivity index (χ3v) is 1.33. The third kappa shape index (κ3) is 2.51. The van der Waals surface area contributed by atoms with Crippen molar-refractivity contribution in [2.75, 3.05) is 6.61 Å². The molecule has 0 spiro atoms. The molecule has 0 atom stereocenters. The Bertz CT molecular complexity index is 255. The van der Waals surface area contributed by atoms with Crippen molar-refractivity contribution in [1.82, 2.24) is 4.98 Å². The predicted octanol–water partition coefficient (Wildman–Crippen LogP) is 1.40. The molecule has 0 radical (unpaired) electrons. The third-order valence-electron chi connectivity index (χ3n) is 1.33. The molecule has 58 valence electrons. The molecule has 1 aromatic rings. The van der Waals surface area contributed by atoms with Crippen LogP contribution in [0.25, 0.3) is 6.08 Å². The maximum Gasteiger partial charge on any atom is 0.0629 e. The van der Waals surface area contributed by atoms with Crippen LogP contribution in [0, 0.1) is 6.92 Å². The summed E-state index contributed by atoms with van der Waals surface area (Å²) in [5.74, 6) is 0. The summed E-state index contributed by atoms with van der Waals surface area (Å²) in [6.07, 6.45) is 5.22. The SMILES string of the molecule is Cc1ccnc(C=CCO)c1. The molecule has 2 heteroatoms. The van der Waals surface area contributed by atoms with E-state index in [0.717, 1.165) is 5.69 Å². The zero-order valence-corrected chi connectivity index (χ0v) is 6.49. The monoisotopic (exact) mass is 149 g/mol. The van der Waals surface area contributed by atoms with E-state index in [0.29, 0.717) is 0 Å². The Balaban J connectivity index is 2.79. The van der Waals surface area contributed by atoms with Crippen molar-refractivity contribution >= 4 is 6.08 Å². The molecule has 0 aliphatic carbocycles. The number of aromatic nitrogens is 1. The highest BCUT2D eigenvalue weighted by Crippen LogP contribution is 2.00. The molecule has 0 aliphatic heterocycles. The molecular weight excluding hydrogens is 138 g/mol. The lowest BCUT2D eigenvalue weighted by Gasteiger charge is -1.92. The number of pyridine rings is 1. The Kier molecular flexibility index (Phi) is 2.81. The van der Waals surface area contributed by atoms with Crippen molar-refractivity contribution in [1.29, 1.82) is 0 Å². The minimum atomic E-state index is 0.0651. The molecule has 0 saturated carbocycles. The average Bonchev–Trinajstić information content (AvgIpc) is 2.01. The topological polar surface area (TPSA) is 33.1 Å². The number of aryl methyl sites for hydroxylation is 1. The fourth-order valence-electron chi connectivity index (χ4n) is 0.824. The molecule has 0 bridgehead atoms. The van der Waals surface area contributed by atoms with Gasteiger partial charge in [0.25, 0.3) is 0 Å². The Morgan fingerprint density at radius 1 is 1.64 bits per heavy atom. The van der Waals surface area contributed by atoms with Crippen LogP contribution in [-0.4, -0.2) is 16.7 Å². The van der Waals surface area contributed by atoms with Gasteiger partial charge < -0.3 is 5.11 Å². The number of rotatable bonds is 2. The molecule has 0 unspecified atom stereocenters. The van der Waals surface area contributed by atoms with E-state index in [2.05, 4.69) is 4.98 Å². The van der Waals surface area contributed by atoms with Crippen LogP contribution in [0.15, 0.2) is 24.4 Å². The van der Waals surface area contributed by atoms with Gasteiger partial charge >= 0.3 is 0 Å². The van der Waals surface area contributed by atoms with Crippen LogP contribution in [0.5, 0.6) is 0 Å². The second-order valence-electron chi connectivity index (χ2n) is 2.34. The molecule has 1 N–H and O–H groups in total. The van der Waals surface area contributed by atoms with Crippen molar-refractivity contribution < 1.29 is 5.11 Å². The molecule has 2 nitrogen and oxygen atoms in total. The zero-order valence-electron chi connectivity index (χ0n) is 6.49. The number of aliphatic hydroxyl groups excluding tert-OH is 1. The summed E-state index contributed by atoms with van der Waals surface area (Å²) in [7, 11) is 0. The largest absolute Gasteiger partial charge is 0.392 e. The fourth-order valence-corrected chi connectivity index (χ4v) is 0.824. The van der Waals surface area contributed by atoms with Gasteiger partial charge in [0.05, 0.1) is 12.3 Å². The summed E-state index contributed by atoms with van der Waals surface area (Å²) in [5, 5.41) is 8.48. The lowest BCUT2D eigenvalue weighted by atomic mass is 10.2. The van der Waals surface area contributed by atoms with Crippen molar-refractivity contribution in [3.05, 3.63) is 35.7 Å². The van der Waals surface area contributed by atoms with E-state index in [1.165, 1.54) is 5.56 Å². The van der Waals surface area contributed by atoms with Crippen molar-refractivity contribution in [3.63, 3.8) is 0 Å². The summed E-state index contributed by atoms with van der Waals surface area (Å²) >= 11 is 0. The van der Waals surface area contributed by atoms with E-state index < -0.39 is 0 Å². The first-order valence-corrected chi connectivity index (χ1v) is 3.53. The molecule has 0 aliphatic rings. The molecule has 1 rings (SSSR count). The molecule has 1 aromatic heterocycles. The van der Waals surface area contributed by atoms with Gasteiger partial charge in [0.1, 0.15) is 0 Å². The maximum absolute atomic E-state index is 8.48. The van der Waals surface area contributed by atoms with Gasteiger partial charge in [-0.25, -0.2) is 0 Å². The number of hydrogen-bond donors (Lipinski definition) is 1. The molecule has 1 heterocycles. The van der Waals surface area contributed by atoms with Crippen LogP contribution >= 0.6 is 0 Å². The average molecular weight is 149 g/mol.